The van der Waals surface area contributed by atoms with Crippen molar-refractivity contribution in [2.75, 3.05) is 0 Å². The zero-order valence-corrected chi connectivity index (χ0v) is 14.5. The van der Waals surface area contributed by atoms with Crippen molar-refractivity contribution in [2.45, 2.75) is 4.90 Å². The van der Waals surface area contributed by atoms with Gasteiger partial charge in [-0.15, -0.1) is 0 Å². The molecule has 0 spiro atoms. The summed E-state index contributed by atoms with van der Waals surface area (Å²) in [4.78, 5) is 0.598. The summed E-state index contributed by atoms with van der Waals surface area (Å²) < 4.78 is 20.1. The summed E-state index contributed by atoms with van der Waals surface area (Å²) in [5.74, 6) is 0.561. The molecule has 0 radical (unpaired) electrons. The van der Waals surface area contributed by atoms with Crippen molar-refractivity contribution in [3.63, 3.8) is 0 Å². The molecule has 2 aromatic carbocycles. The molecule has 2 rings (SSSR count). The minimum atomic E-state index is -1.54. The first-order valence-electron chi connectivity index (χ1n) is 4.87. The van der Waals surface area contributed by atoms with Crippen LogP contribution >= 0.6 is 47.8 Å². The molecule has 0 aromatic heterocycles. The van der Waals surface area contributed by atoms with Crippen molar-refractivity contribution in [2.24, 2.45) is 0 Å². The van der Waals surface area contributed by atoms with Gasteiger partial charge in [0.15, 0.2) is 0 Å². The largest absolute Gasteiger partial charge is 0.397 e. The molecule has 1 atom stereocenters. The molecule has 94 valence electrons. The monoisotopic (exact) mass is 452 g/mol. The number of halogens is 3. The molecule has 6 heteroatoms. The Labute approximate surface area is 133 Å². The van der Waals surface area contributed by atoms with E-state index in [1.54, 1.807) is 18.2 Å². The summed E-state index contributed by atoms with van der Waals surface area (Å²) in [5, 5.41) is 0. The van der Waals surface area contributed by atoms with Gasteiger partial charge in [0.1, 0.15) is 5.75 Å². The molecule has 0 saturated carbocycles. The van der Waals surface area contributed by atoms with Gasteiger partial charge in [-0.3, -0.25) is 0 Å². The van der Waals surface area contributed by atoms with Crippen LogP contribution in [0.4, 0.5) is 0 Å². The highest BCUT2D eigenvalue weighted by atomic mass is 79.9. The van der Waals surface area contributed by atoms with Crippen molar-refractivity contribution in [1.82, 2.24) is 0 Å². The van der Waals surface area contributed by atoms with E-state index >= 15 is 0 Å². The molecule has 2 aromatic rings. The SMILES string of the molecule is O=S(Oc1ccc(Br)cc1)c1ccc(Br)cc1Br. The smallest absolute Gasteiger partial charge is 0.241 e. The van der Waals surface area contributed by atoms with Crippen LogP contribution in [0.5, 0.6) is 5.75 Å². The lowest BCUT2D eigenvalue weighted by atomic mass is 10.3. The van der Waals surface area contributed by atoms with E-state index in [4.69, 9.17) is 4.18 Å². The maximum absolute atomic E-state index is 12.1. The van der Waals surface area contributed by atoms with Gasteiger partial charge in [0.05, 0.1) is 4.90 Å². The molecule has 0 fully saturated rings. The summed E-state index contributed by atoms with van der Waals surface area (Å²) in [6.45, 7) is 0. The van der Waals surface area contributed by atoms with Gasteiger partial charge >= 0.3 is 0 Å². The topological polar surface area (TPSA) is 26.3 Å². The molecule has 0 aliphatic heterocycles. The fourth-order valence-corrected chi connectivity index (χ4v) is 3.71. The number of rotatable bonds is 3. The fraction of sp³-hybridized carbons (Fsp3) is 0. The molecule has 0 N–H and O–H groups in total. The number of hydrogen-bond donors (Lipinski definition) is 0. The second kappa shape index (κ2) is 6.32. The summed E-state index contributed by atoms with van der Waals surface area (Å²) >= 11 is 8.50. The Bertz CT molecular complexity index is 584. The predicted octanol–water partition coefficient (Wildman–Crippen LogP) is 5.08. The number of benzene rings is 2. The van der Waals surface area contributed by atoms with E-state index in [1.807, 2.05) is 24.3 Å². The van der Waals surface area contributed by atoms with E-state index in [2.05, 4.69) is 47.8 Å². The molecule has 18 heavy (non-hydrogen) atoms. The Hall–Kier alpha value is -0.170. The summed E-state index contributed by atoms with van der Waals surface area (Å²) in [6, 6.07) is 12.6. The van der Waals surface area contributed by atoms with Gasteiger partial charge in [0, 0.05) is 13.4 Å². The van der Waals surface area contributed by atoms with Crippen LogP contribution in [0.1, 0.15) is 0 Å². The Kier molecular flexibility index (Phi) is 5.00. The van der Waals surface area contributed by atoms with E-state index in [1.165, 1.54) is 0 Å². The summed E-state index contributed by atoms with van der Waals surface area (Å²) in [6.07, 6.45) is 0. The van der Waals surface area contributed by atoms with E-state index in [9.17, 15) is 4.21 Å². The fourth-order valence-electron chi connectivity index (χ4n) is 1.23. The van der Waals surface area contributed by atoms with Crippen LogP contribution in [-0.2, 0) is 11.1 Å². The molecule has 0 heterocycles. The van der Waals surface area contributed by atoms with Crippen LogP contribution < -0.4 is 4.18 Å². The van der Waals surface area contributed by atoms with Crippen LogP contribution in [0.2, 0.25) is 0 Å². The second-order valence-corrected chi connectivity index (χ2v) is 7.11. The highest BCUT2D eigenvalue weighted by Gasteiger charge is 2.11. The molecular weight excluding hydrogens is 448 g/mol. The van der Waals surface area contributed by atoms with Gasteiger partial charge in [-0.25, -0.2) is 4.21 Å². The third-order valence-electron chi connectivity index (χ3n) is 2.06. The van der Waals surface area contributed by atoms with Gasteiger partial charge in [0.25, 0.3) is 0 Å². The predicted molar refractivity (Wildman–Crippen MR) is 83.0 cm³/mol. The third-order valence-corrected chi connectivity index (χ3v) is 5.06. The first-order chi connectivity index (χ1) is 8.56. The molecule has 0 saturated heterocycles. The Morgan fingerprint density at radius 3 is 2.11 bits per heavy atom. The van der Waals surface area contributed by atoms with Gasteiger partial charge in [-0.2, -0.15) is 0 Å². The molecule has 0 aliphatic rings. The summed E-state index contributed by atoms with van der Waals surface area (Å²) in [5.41, 5.74) is 0. The maximum Gasteiger partial charge on any atom is 0.241 e. The van der Waals surface area contributed by atoms with Gasteiger partial charge in [-0.1, -0.05) is 31.9 Å². The van der Waals surface area contributed by atoms with E-state index in [-0.39, 0.29) is 0 Å². The molecule has 2 nitrogen and oxygen atoms in total. The normalized spacial score (nSPS) is 12.2. The zero-order valence-electron chi connectivity index (χ0n) is 8.90. The highest BCUT2D eigenvalue weighted by molar-refractivity contribution is 9.11. The van der Waals surface area contributed by atoms with Crippen molar-refractivity contribution in [1.29, 1.82) is 0 Å². The first-order valence-corrected chi connectivity index (χ1v) is 8.32. The van der Waals surface area contributed by atoms with Crippen LogP contribution in [-0.4, -0.2) is 4.21 Å². The van der Waals surface area contributed by atoms with Crippen molar-refractivity contribution in [3.05, 3.63) is 55.9 Å². The molecular formula is C12H7Br3O2S. The van der Waals surface area contributed by atoms with Crippen molar-refractivity contribution < 1.29 is 8.39 Å². The minimum absolute atomic E-state index is 0.561. The quantitative estimate of drug-likeness (QED) is 0.646. The highest BCUT2D eigenvalue weighted by Crippen LogP contribution is 2.26. The molecule has 0 aliphatic carbocycles. The average molecular weight is 455 g/mol. The number of hydrogen-bond acceptors (Lipinski definition) is 2. The zero-order chi connectivity index (χ0) is 13.1. The molecule has 1 unspecified atom stereocenters. The standard InChI is InChI=1S/C12H7Br3O2S/c13-8-1-4-10(5-2-8)17-18(16)12-6-3-9(14)7-11(12)15/h1-7H. The van der Waals surface area contributed by atoms with Gasteiger partial charge < -0.3 is 4.18 Å². The first kappa shape index (κ1) is 14.2. The average Bonchev–Trinajstić information content (AvgIpc) is 2.32. The molecule has 0 bridgehead atoms. The van der Waals surface area contributed by atoms with E-state index in [0.717, 1.165) is 13.4 Å². The van der Waals surface area contributed by atoms with E-state index in [0.29, 0.717) is 10.6 Å². The lowest BCUT2D eigenvalue weighted by Crippen LogP contribution is -2.01. The Morgan fingerprint density at radius 2 is 1.50 bits per heavy atom. The Morgan fingerprint density at radius 1 is 0.889 bits per heavy atom. The third kappa shape index (κ3) is 3.66. The minimum Gasteiger partial charge on any atom is -0.397 e. The van der Waals surface area contributed by atoms with Crippen LogP contribution in [0.25, 0.3) is 0 Å². The molecule has 0 amide bonds. The summed E-state index contributed by atoms with van der Waals surface area (Å²) in [7, 11) is 0. The van der Waals surface area contributed by atoms with Crippen molar-refractivity contribution >= 4 is 58.9 Å². The lowest BCUT2D eigenvalue weighted by Gasteiger charge is -2.06. The maximum atomic E-state index is 12.1. The Balaban J connectivity index is 2.19. The van der Waals surface area contributed by atoms with Crippen LogP contribution in [0.3, 0.4) is 0 Å². The van der Waals surface area contributed by atoms with Crippen LogP contribution in [0.15, 0.2) is 60.8 Å². The van der Waals surface area contributed by atoms with E-state index < -0.39 is 11.1 Å². The lowest BCUT2D eigenvalue weighted by molar-refractivity contribution is 0.561. The second-order valence-electron chi connectivity index (χ2n) is 3.35. The van der Waals surface area contributed by atoms with Gasteiger partial charge in [-0.05, 0) is 58.4 Å². The van der Waals surface area contributed by atoms with Gasteiger partial charge in [0.2, 0.25) is 11.1 Å². The van der Waals surface area contributed by atoms with Crippen molar-refractivity contribution in [3.8, 4) is 5.75 Å². The van der Waals surface area contributed by atoms with Crippen LogP contribution in [0, 0.1) is 0 Å².